The second kappa shape index (κ2) is 8.24. The molecule has 0 aliphatic rings. The first-order valence-corrected chi connectivity index (χ1v) is 7.98. The van der Waals surface area contributed by atoms with E-state index in [1.165, 1.54) is 0 Å². The molecular formula is C17H17NO4S. The van der Waals surface area contributed by atoms with Gasteiger partial charge in [-0.05, 0) is 29.8 Å². The van der Waals surface area contributed by atoms with Crippen LogP contribution in [0.5, 0.6) is 5.75 Å². The normalized spacial score (nSPS) is 11.5. The van der Waals surface area contributed by atoms with Gasteiger partial charge in [0.05, 0.1) is 12.9 Å². The van der Waals surface area contributed by atoms with Crippen molar-refractivity contribution < 1.29 is 19.4 Å². The third-order valence-corrected chi connectivity index (χ3v) is 4.30. The van der Waals surface area contributed by atoms with Gasteiger partial charge < -0.3 is 15.2 Å². The molecule has 0 aromatic heterocycles. The van der Waals surface area contributed by atoms with E-state index in [9.17, 15) is 9.59 Å². The molecule has 1 amide bonds. The summed E-state index contributed by atoms with van der Waals surface area (Å²) < 4.78 is 5.07. The van der Waals surface area contributed by atoms with Crippen LogP contribution < -0.4 is 10.1 Å². The van der Waals surface area contributed by atoms with E-state index in [-0.39, 0.29) is 11.7 Å². The molecule has 0 heterocycles. The number of methoxy groups -OCH3 is 1. The van der Waals surface area contributed by atoms with Gasteiger partial charge in [0, 0.05) is 5.69 Å². The van der Waals surface area contributed by atoms with Gasteiger partial charge in [0.1, 0.15) is 11.0 Å². The number of hydrogen-bond donors (Lipinski definition) is 2. The summed E-state index contributed by atoms with van der Waals surface area (Å²) in [6.45, 7) is 0. The molecule has 0 aliphatic heterocycles. The number of carboxylic acids is 1. The molecule has 2 aromatic rings. The first-order valence-electron chi connectivity index (χ1n) is 6.93. The second-order valence-electron chi connectivity index (χ2n) is 4.71. The van der Waals surface area contributed by atoms with Gasteiger partial charge in [-0.2, -0.15) is 0 Å². The quantitative estimate of drug-likeness (QED) is 0.815. The predicted molar refractivity (Wildman–Crippen MR) is 90.9 cm³/mol. The summed E-state index contributed by atoms with van der Waals surface area (Å²) in [6, 6.07) is 16.1. The van der Waals surface area contributed by atoms with Crippen LogP contribution in [0.25, 0.3) is 0 Å². The zero-order chi connectivity index (χ0) is 16.7. The Morgan fingerprint density at radius 3 is 2.35 bits per heavy atom. The van der Waals surface area contributed by atoms with E-state index in [0.29, 0.717) is 11.4 Å². The van der Waals surface area contributed by atoms with Crippen LogP contribution in [-0.2, 0) is 9.59 Å². The first kappa shape index (κ1) is 16.9. The Hall–Kier alpha value is -2.47. The van der Waals surface area contributed by atoms with Crippen molar-refractivity contribution in [3.8, 4) is 5.75 Å². The molecule has 0 aliphatic carbocycles. The maximum absolute atomic E-state index is 12.5. The third kappa shape index (κ3) is 5.03. The number of hydrogen-bond acceptors (Lipinski definition) is 4. The molecular weight excluding hydrogens is 314 g/mol. The number of benzene rings is 2. The Morgan fingerprint density at radius 1 is 1.13 bits per heavy atom. The molecule has 0 saturated heterocycles. The Labute approximate surface area is 138 Å². The smallest absolute Gasteiger partial charge is 0.313 e. The predicted octanol–water partition coefficient (Wildman–Crippen LogP) is 3.19. The number of carbonyl (C=O) groups excluding carboxylic acids is 1. The number of anilines is 1. The first-order chi connectivity index (χ1) is 11.1. The van der Waals surface area contributed by atoms with Crippen molar-refractivity contribution >= 4 is 29.3 Å². The molecule has 2 rings (SSSR count). The van der Waals surface area contributed by atoms with Crippen LogP contribution in [0.4, 0.5) is 5.69 Å². The average molecular weight is 331 g/mol. The Morgan fingerprint density at radius 2 is 1.78 bits per heavy atom. The molecule has 120 valence electrons. The minimum absolute atomic E-state index is 0.143. The Kier molecular flexibility index (Phi) is 6.05. The van der Waals surface area contributed by atoms with Crippen molar-refractivity contribution in [3.05, 3.63) is 60.2 Å². The second-order valence-corrected chi connectivity index (χ2v) is 5.81. The van der Waals surface area contributed by atoms with Crippen molar-refractivity contribution in [2.75, 3.05) is 18.2 Å². The average Bonchev–Trinajstić information content (AvgIpc) is 2.56. The SMILES string of the molecule is COc1ccc(NC(=O)[C@H](SCC(=O)O)c2ccccc2)cc1. The Bertz CT molecular complexity index is 658. The van der Waals surface area contributed by atoms with Gasteiger partial charge in [0.25, 0.3) is 0 Å². The van der Waals surface area contributed by atoms with E-state index in [4.69, 9.17) is 9.84 Å². The zero-order valence-electron chi connectivity index (χ0n) is 12.6. The summed E-state index contributed by atoms with van der Waals surface area (Å²) in [5, 5.41) is 11.1. The van der Waals surface area contributed by atoms with Gasteiger partial charge in [0.2, 0.25) is 5.91 Å². The minimum atomic E-state index is -0.951. The summed E-state index contributed by atoms with van der Waals surface area (Å²) in [5.41, 5.74) is 1.40. The molecule has 0 saturated carbocycles. The van der Waals surface area contributed by atoms with Gasteiger partial charge in [-0.25, -0.2) is 0 Å². The van der Waals surface area contributed by atoms with Crippen molar-refractivity contribution in [2.24, 2.45) is 0 Å². The van der Waals surface area contributed by atoms with E-state index < -0.39 is 11.2 Å². The number of carboxylic acid groups (broad SMARTS) is 1. The number of ether oxygens (including phenoxy) is 1. The molecule has 1 atom stereocenters. The van der Waals surface area contributed by atoms with Gasteiger partial charge in [-0.3, -0.25) is 9.59 Å². The van der Waals surface area contributed by atoms with E-state index in [1.54, 1.807) is 31.4 Å². The molecule has 0 bridgehead atoms. The number of aliphatic carboxylic acids is 1. The summed E-state index contributed by atoms with van der Waals surface area (Å²) in [4.78, 5) is 23.3. The van der Waals surface area contributed by atoms with Crippen molar-refractivity contribution in [2.45, 2.75) is 5.25 Å². The summed E-state index contributed by atoms with van der Waals surface area (Å²) in [6.07, 6.45) is 0. The fourth-order valence-electron chi connectivity index (χ4n) is 1.99. The maximum Gasteiger partial charge on any atom is 0.313 e. The van der Waals surface area contributed by atoms with Crippen LogP contribution in [0.3, 0.4) is 0 Å². The van der Waals surface area contributed by atoms with Gasteiger partial charge in [0.15, 0.2) is 0 Å². The molecule has 5 nitrogen and oxygen atoms in total. The fraction of sp³-hybridized carbons (Fsp3) is 0.176. The molecule has 0 spiro atoms. The topological polar surface area (TPSA) is 75.6 Å². The number of thioether (sulfide) groups is 1. The summed E-state index contributed by atoms with van der Waals surface area (Å²) >= 11 is 1.08. The lowest BCUT2D eigenvalue weighted by atomic mass is 10.1. The van der Waals surface area contributed by atoms with Crippen LogP contribution >= 0.6 is 11.8 Å². The molecule has 23 heavy (non-hydrogen) atoms. The molecule has 2 N–H and O–H groups in total. The fourth-order valence-corrected chi connectivity index (χ4v) is 2.86. The number of carbonyl (C=O) groups is 2. The van der Waals surface area contributed by atoms with E-state index in [2.05, 4.69) is 5.32 Å². The van der Waals surface area contributed by atoms with E-state index in [0.717, 1.165) is 17.3 Å². The highest BCUT2D eigenvalue weighted by atomic mass is 32.2. The van der Waals surface area contributed by atoms with Crippen molar-refractivity contribution in [3.63, 3.8) is 0 Å². The van der Waals surface area contributed by atoms with Crippen LogP contribution in [0, 0.1) is 0 Å². The molecule has 0 radical (unpaired) electrons. The highest BCUT2D eigenvalue weighted by Crippen LogP contribution is 2.30. The van der Waals surface area contributed by atoms with Crippen LogP contribution in [0.2, 0.25) is 0 Å². The van der Waals surface area contributed by atoms with Crippen LogP contribution in [0.1, 0.15) is 10.8 Å². The van der Waals surface area contributed by atoms with Crippen LogP contribution in [0.15, 0.2) is 54.6 Å². The number of rotatable bonds is 7. The van der Waals surface area contributed by atoms with Crippen LogP contribution in [-0.4, -0.2) is 29.8 Å². The number of nitrogens with one attached hydrogen (secondary N) is 1. The zero-order valence-corrected chi connectivity index (χ0v) is 13.4. The lowest BCUT2D eigenvalue weighted by Gasteiger charge is -2.16. The van der Waals surface area contributed by atoms with Gasteiger partial charge in [-0.15, -0.1) is 11.8 Å². The number of amides is 1. The standard InChI is InChI=1S/C17H17NO4S/c1-22-14-9-7-13(8-10-14)18-17(21)16(23-11-15(19)20)12-5-3-2-4-6-12/h2-10,16H,11H2,1H3,(H,18,21)(H,19,20)/t16-/m1/s1. The van der Waals surface area contributed by atoms with E-state index >= 15 is 0 Å². The van der Waals surface area contributed by atoms with Crippen molar-refractivity contribution in [1.29, 1.82) is 0 Å². The highest BCUT2D eigenvalue weighted by Gasteiger charge is 2.22. The molecule has 6 heteroatoms. The molecule has 0 unspecified atom stereocenters. The summed E-state index contributed by atoms with van der Waals surface area (Å²) in [7, 11) is 1.57. The van der Waals surface area contributed by atoms with Crippen molar-refractivity contribution in [1.82, 2.24) is 0 Å². The molecule has 0 fully saturated rings. The largest absolute Gasteiger partial charge is 0.497 e. The lowest BCUT2D eigenvalue weighted by Crippen LogP contribution is -2.20. The monoisotopic (exact) mass is 331 g/mol. The van der Waals surface area contributed by atoms with Gasteiger partial charge in [-0.1, -0.05) is 30.3 Å². The summed E-state index contributed by atoms with van der Waals surface area (Å²) in [5.74, 6) is -0.654. The molecule has 2 aromatic carbocycles. The van der Waals surface area contributed by atoms with E-state index in [1.807, 2.05) is 30.3 Å². The lowest BCUT2D eigenvalue weighted by molar-refractivity contribution is -0.133. The Balaban J connectivity index is 2.13. The highest BCUT2D eigenvalue weighted by molar-refractivity contribution is 8.00. The van der Waals surface area contributed by atoms with Gasteiger partial charge >= 0.3 is 5.97 Å². The minimum Gasteiger partial charge on any atom is -0.497 e. The maximum atomic E-state index is 12.5. The third-order valence-electron chi connectivity index (χ3n) is 3.07.